The lowest BCUT2D eigenvalue weighted by atomic mass is 10.2. The molecule has 0 aliphatic carbocycles. The van der Waals surface area contributed by atoms with E-state index in [1.165, 1.54) is 12.1 Å². The number of nitro groups is 1. The Morgan fingerprint density at radius 2 is 2.19 bits per heavy atom. The molecule has 1 rings (SSSR count). The molecule has 0 bridgehead atoms. The van der Waals surface area contributed by atoms with Gasteiger partial charge in [-0.05, 0) is 17.7 Å². The van der Waals surface area contributed by atoms with Gasteiger partial charge in [0.15, 0.2) is 5.75 Å². The summed E-state index contributed by atoms with van der Waals surface area (Å²) in [6, 6.07) is 3.60. The number of nitro benzene ring substituents is 1. The van der Waals surface area contributed by atoms with Crippen molar-refractivity contribution in [1.82, 2.24) is 0 Å². The SMILES string of the molecule is O=[N+]([O-])c1ccc(CO)cc1OCC(F)F. The Balaban J connectivity index is 2.96. The zero-order chi connectivity index (χ0) is 12.1. The van der Waals surface area contributed by atoms with Crippen molar-refractivity contribution >= 4 is 5.69 Å². The van der Waals surface area contributed by atoms with Crippen LogP contribution in [0.15, 0.2) is 18.2 Å². The van der Waals surface area contributed by atoms with Crippen LogP contribution in [0.4, 0.5) is 14.5 Å². The Morgan fingerprint density at radius 1 is 1.50 bits per heavy atom. The third kappa shape index (κ3) is 3.13. The molecular weight excluding hydrogens is 224 g/mol. The smallest absolute Gasteiger partial charge is 0.310 e. The minimum atomic E-state index is -2.71. The van der Waals surface area contributed by atoms with Crippen LogP contribution < -0.4 is 4.74 Å². The molecule has 0 saturated heterocycles. The monoisotopic (exact) mass is 233 g/mol. The average molecular weight is 233 g/mol. The molecule has 0 spiro atoms. The molecule has 0 aliphatic heterocycles. The van der Waals surface area contributed by atoms with Gasteiger partial charge in [0.05, 0.1) is 11.5 Å². The minimum Gasteiger partial charge on any atom is -0.481 e. The highest BCUT2D eigenvalue weighted by molar-refractivity contribution is 5.48. The van der Waals surface area contributed by atoms with Gasteiger partial charge in [0.25, 0.3) is 6.43 Å². The van der Waals surface area contributed by atoms with E-state index in [4.69, 9.17) is 5.11 Å². The number of hydrogen-bond acceptors (Lipinski definition) is 4. The predicted molar refractivity (Wildman–Crippen MR) is 50.5 cm³/mol. The van der Waals surface area contributed by atoms with Crippen LogP contribution in [0.5, 0.6) is 5.75 Å². The van der Waals surface area contributed by atoms with Crippen LogP contribution in [0.25, 0.3) is 0 Å². The first-order valence-corrected chi connectivity index (χ1v) is 4.33. The normalized spacial score (nSPS) is 10.5. The Morgan fingerprint density at radius 3 is 2.69 bits per heavy atom. The van der Waals surface area contributed by atoms with Gasteiger partial charge in [0.1, 0.15) is 6.61 Å². The van der Waals surface area contributed by atoms with Gasteiger partial charge >= 0.3 is 5.69 Å². The summed E-state index contributed by atoms with van der Waals surface area (Å²) >= 11 is 0. The number of aliphatic hydroxyl groups excluding tert-OH is 1. The molecule has 0 radical (unpaired) electrons. The maximum Gasteiger partial charge on any atom is 0.310 e. The fraction of sp³-hybridized carbons (Fsp3) is 0.333. The topological polar surface area (TPSA) is 72.6 Å². The standard InChI is InChI=1S/C9H9F2NO4/c10-9(11)5-16-8-3-6(4-13)1-2-7(8)12(14)15/h1-3,9,13H,4-5H2. The molecule has 1 aromatic carbocycles. The first-order chi connectivity index (χ1) is 7.54. The highest BCUT2D eigenvalue weighted by atomic mass is 19.3. The van der Waals surface area contributed by atoms with E-state index < -0.39 is 23.6 Å². The first-order valence-electron chi connectivity index (χ1n) is 4.33. The van der Waals surface area contributed by atoms with Crippen LogP contribution in [-0.4, -0.2) is 23.1 Å². The lowest BCUT2D eigenvalue weighted by molar-refractivity contribution is -0.386. The van der Waals surface area contributed by atoms with Gasteiger partial charge in [-0.3, -0.25) is 10.1 Å². The Bertz CT molecular complexity index is 384. The summed E-state index contributed by atoms with van der Waals surface area (Å²) in [5, 5.41) is 19.3. The van der Waals surface area contributed by atoms with Gasteiger partial charge in [-0.25, -0.2) is 8.78 Å². The summed E-state index contributed by atoms with van der Waals surface area (Å²) in [5.74, 6) is -0.267. The highest BCUT2D eigenvalue weighted by Gasteiger charge is 2.16. The second-order valence-electron chi connectivity index (χ2n) is 2.92. The number of nitrogens with zero attached hydrogens (tertiary/aromatic N) is 1. The Labute approximate surface area is 89.4 Å². The zero-order valence-electron chi connectivity index (χ0n) is 8.10. The van der Waals surface area contributed by atoms with Crippen LogP contribution in [0, 0.1) is 10.1 Å². The summed E-state index contributed by atoms with van der Waals surface area (Å²) < 4.78 is 28.4. The molecule has 16 heavy (non-hydrogen) atoms. The van der Waals surface area contributed by atoms with Crippen LogP contribution in [-0.2, 0) is 6.61 Å². The quantitative estimate of drug-likeness (QED) is 0.620. The van der Waals surface area contributed by atoms with Crippen molar-refractivity contribution in [2.24, 2.45) is 0 Å². The van der Waals surface area contributed by atoms with Gasteiger partial charge in [-0.15, -0.1) is 0 Å². The average Bonchev–Trinajstić information content (AvgIpc) is 2.25. The van der Waals surface area contributed by atoms with Crippen molar-refractivity contribution in [3.05, 3.63) is 33.9 Å². The van der Waals surface area contributed by atoms with E-state index in [-0.39, 0.29) is 12.4 Å². The molecule has 0 unspecified atom stereocenters. The number of alkyl halides is 2. The van der Waals surface area contributed by atoms with Gasteiger partial charge in [-0.2, -0.15) is 0 Å². The number of halogens is 2. The second kappa shape index (κ2) is 5.36. The molecule has 0 heterocycles. The summed E-state index contributed by atoms with van der Waals surface area (Å²) in [7, 11) is 0. The third-order valence-corrected chi connectivity index (χ3v) is 1.77. The van der Waals surface area contributed by atoms with Crippen LogP contribution in [0.3, 0.4) is 0 Å². The second-order valence-corrected chi connectivity index (χ2v) is 2.92. The van der Waals surface area contributed by atoms with Gasteiger partial charge in [0, 0.05) is 6.07 Å². The maximum atomic E-state index is 11.9. The Kier molecular flexibility index (Phi) is 4.12. The molecule has 1 N–H and O–H groups in total. The molecule has 0 aromatic heterocycles. The van der Waals surface area contributed by atoms with Crippen molar-refractivity contribution < 1.29 is 23.5 Å². The van der Waals surface area contributed by atoms with Gasteiger partial charge in [0.2, 0.25) is 0 Å². The molecule has 0 aliphatic rings. The summed E-state index contributed by atoms with van der Waals surface area (Å²) in [5.41, 5.74) is -0.0484. The van der Waals surface area contributed by atoms with E-state index in [0.717, 1.165) is 6.07 Å². The largest absolute Gasteiger partial charge is 0.481 e. The fourth-order valence-electron chi connectivity index (χ4n) is 1.08. The molecule has 7 heteroatoms. The molecule has 0 saturated carbocycles. The lowest BCUT2D eigenvalue weighted by Crippen LogP contribution is -2.08. The number of ether oxygens (including phenoxy) is 1. The molecule has 0 amide bonds. The molecular formula is C9H9F2NO4. The van der Waals surface area contributed by atoms with Gasteiger partial charge < -0.3 is 9.84 Å². The lowest BCUT2D eigenvalue weighted by Gasteiger charge is -2.07. The van der Waals surface area contributed by atoms with E-state index in [2.05, 4.69) is 4.74 Å². The molecule has 0 atom stereocenters. The van der Waals surface area contributed by atoms with Crippen molar-refractivity contribution in [2.75, 3.05) is 6.61 Å². The number of hydrogen-bond donors (Lipinski definition) is 1. The van der Waals surface area contributed by atoms with E-state index >= 15 is 0 Å². The summed E-state index contributed by atoms with van der Waals surface area (Å²) in [4.78, 5) is 9.81. The van der Waals surface area contributed by atoms with Crippen LogP contribution >= 0.6 is 0 Å². The number of aliphatic hydroxyl groups is 1. The predicted octanol–water partition coefficient (Wildman–Crippen LogP) is 1.73. The summed E-state index contributed by atoms with van der Waals surface area (Å²) in [6.45, 7) is -1.27. The van der Waals surface area contributed by atoms with Crippen molar-refractivity contribution in [2.45, 2.75) is 13.0 Å². The minimum absolute atomic E-state index is 0.267. The van der Waals surface area contributed by atoms with Gasteiger partial charge in [-0.1, -0.05) is 0 Å². The Hall–Kier alpha value is -1.76. The number of rotatable bonds is 5. The van der Waals surface area contributed by atoms with Crippen molar-refractivity contribution in [1.29, 1.82) is 0 Å². The zero-order valence-corrected chi connectivity index (χ0v) is 8.10. The van der Waals surface area contributed by atoms with Crippen LogP contribution in [0.2, 0.25) is 0 Å². The van der Waals surface area contributed by atoms with E-state index in [9.17, 15) is 18.9 Å². The maximum absolute atomic E-state index is 11.9. The fourth-order valence-corrected chi connectivity index (χ4v) is 1.08. The van der Waals surface area contributed by atoms with Crippen molar-refractivity contribution in [3.63, 3.8) is 0 Å². The molecule has 0 fully saturated rings. The number of benzene rings is 1. The van der Waals surface area contributed by atoms with Crippen LogP contribution in [0.1, 0.15) is 5.56 Å². The van der Waals surface area contributed by atoms with Crippen molar-refractivity contribution in [3.8, 4) is 5.75 Å². The van der Waals surface area contributed by atoms with E-state index in [1.807, 2.05) is 0 Å². The summed E-state index contributed by atoms with van der Waals surface area (Å²) in [6.07, 6.45) is -2.71. The first kappa shape index (κ1) is 12.3. The van der Waals surface area contributed by atoms with E-state index in [1.54, 1.807) is 0 Å². The third-order valence-electron chi connectivity index (χ3n) is 1.77. The molecule has 1 aromatic rings. The highest BCUT2D eigenvalue weighted by Crippen LogP contribution is 2.28. The van der Waals surface area contributed by atoms with E-state index in [0.29, 0.717) is 5.56 Å². The molecule has 88 valence electrons. The molecule has 5 nitrogen and oxygen atoms in total.